The zero-order chi connectivity index (χ0) is 20.8. The molecule has 3 rings (SSSR count). The van der Waals surface area contributed by atoms with Crippen LogP contribution >= 0.6 is 11.3 Å². The average molecular weight is 423 g/mol. The third kappa shape index (κ3) is 5.98. The lowest BCUT2D eigenvalue weighted by atomic mass is 9.96. The lowest BCUT2D eigenvalue weighted by Crippen LogP contribution is -2.39. The molecule has 1 aliphatic rings. The number of nitrogens with zero attached hydrogens (tertiary/aromatic N) is 1. The number of benzene rings is 1. The van der Waals surface area contributed by atoms with E-state index in [4.69, 9.17) is 5.73 Å². The number of carbonyl (C=O) groups excluding carboxylic acids is 2. The van der Waals surface area contributed by atoms with Crippen molar-refractivity contribution in [2.24, 2.45) is 11.7 Å². The molecule has 3 N–H and O–H groups in total. The molecule has 1 fully saturated rings. The van der Waals surface area contributed by atoms with Crippen molar-refractivity contribution >= 4 is 28.8 Å². The summed E-state index contributed by atoms with van der Waals surface area (Å²) in [5.74, 6) is -0.832. The Balaban J connectivity index is 1.48. The number of piperidine rings is 1. The van der Waals surface area contributed by atoms with E-state index in [1.165, 1.54) is 11.4 Å². The number of amides is 2. The number of likely N-dealkylation sites (tertiary alicyclic amines) is 1. The molecule has 0 spiro atoms. The smallest absolute Gasteiger partial charge is 0.387 e. The molecular formula is C20H23F2N3O3S. The fraction of sp³-hybridized carbons (Fsp3) is 0.400. The number of nitrogens with two attached hydrogens (primary N) is 1. The third-order valence-corrected chi connectivity index (χ3v) is 5.86. The minimum Gasteiger partial charge on any atom is -0.433 e. The number of rotatable bonds is 8. The van der Waals surface area contributed by atoms with E-state index in [9.17, 15) is 18.4 Å². The van der Waals surface area contributed by atoms with Crippen LogP contribution in [-0.2, 0) is 11.2 Å². The molecule has 2 aromatic rings. The normalized spacial score (nSPS) is 15.4. The van der Waals surface area contributed by atoms with E-state index in [1.807, 2.05) is 12.1 Å². The predicted octanol–water partition coefficient (Wildman–Crippen LogP) is 3.34. The molecule has 9 heteroatoms. The van der Waals surface area contributed by atoms with Crippen molar-refractivity contribution in [1.82, 2.24) is 4.90 Å². The molecule has 2 amide bonds. The van der Waals surface area contributed by atoms with E-state index < -0.39 is 12.5 Å². The molecular weight excluding hydrogens is 400 g/mol. The van der Waals surface area contributed by atoms with Crippen LogP contribution in [0.15, 0.2) is 35.7 Å². The highest BCUT2D eigenvalue weighted by Gasteiger charge is 2.22. The van der Waals surface area contributed by atoms with Crippen molar-refractivity contribution in [2.75, 3.05) is 25.0 Å². The van der Waals surface area contributed by atoms with Crippen molar-refractivity contribution < 1.29 is 23.1 Å². The van der Waals surface area contributed by atoms with Gasteiger partial charge in [0.15, 0.2) is 0 Å². The van der Waals surface area contributed by atoms with Crippen molar-refractivity contribution in [1.29, 1.82) is 0 Å². The van der Waals surface area contributed by atoms with Crippen LogP contribution in [0.2, 0.25) is 0 Å². The summed E-state index contributed by atoms with van der Waals surface area (Å²) >= 11 is 1.04. The molecule has 1 aromatic carbocycles. The molecule has 0 saturated carbocycles. The molecule has 29 heavy (non-hydrogen) atoms. The van der Waals surface area contributed by atoms with Gasteiger partial charge in [0.1, 0.15) is 10.6 Å². The van der Waals surface area contributed by atoms with Gasteiger partial charge >= 0.3 is 6.61 Å². The van der Waals surface area contributed by atoms with E-state index in [0.29, 0.717) is 5.69 Å². The Morgan fingerprint density at radius 3 is 2.52 bits per heavy atom. The van der Waals surface area contributed by atoms with Crippen LogP contribution in [0.1, 0.15) is 28.1 Å². The lowest BCUT2D eigenvalue weighted by molar-refractivity contribution is -0.123. The number of alkyl halides is 2. The number of thiophene rings is 1. The highest BCUT2D eigenvalue weighted by Crippen LogP contribution is 2.27. The van der Waals surface area contributed by atoms with Gasteiger partial charge in [-0.2, -0.15) is 8.78 Å². The quantitative estimate of drug-likeness (QED) is 0.682. The van der Waals surface area contributed by atoms with Gasteiger partial charge in [-0.15, -0.1) is 11.3 Å². The predicted molar refractivity (Wildman–Crippen MR) is 107 cm³/mol. The number of hydrogen-bond donors (Lipinski definition) is 2. The Morgan fingerprint density at radius 2 is 1.90 bits per heavy atom. The van der Waals surface area contributed by atoms with Crippen molar-refractivity contribution in [3.8, 4) is 5.75 Å². The van der Waals surface area contributed by atoms with E-state index in [2.05, 4.69) is 15.0 Å². The molecule has 1 saturated heterocycles. The Hall–Kier alpha value is -2.52. The van der Waals surface area contributed by atoms with Crippen LogP contribution in [-0.4, -0.2) is 43.0 Å². The molecule has 0 unspecified atom stereocenters. The van der Waals surface area contributed by atoms with Crippen LogP contribution in [0.25, 0.3) is 0 Å². The Labute approximate surface area is 171 Å². The first-order valence-corrected chi connectivity index (χ1v) is 10.2. The second-order valence-corrected chi connectivity index (χ2v) is 7.83. The molecule has 0 bridgehead atoms. The summed E-state index contributed by atoms with van der Waals surface area (Å²) in [5.41, 5.74) is 7.06. The van der Waals surface area contributed by atoms with Gasteiger partial charge in [-0.25, -0.2) is 0 Å². The van der Waals surface area contributed by atoms with Gasteiger partial charge in [0, 0.05) is 18.2 Å². The number of hydrogen-bond acceptors (Lipinski definition) is 5. The molecule has 1 aromatic heterocycles. The van der Waals surface area contributed by atoms with Gasteiger partial charge in [0.2, 0.25) is 5.91 Å². The number of anilines is 1. The summed E-state index contributed by atoms with van der Waals surface area (Å²) in [4.78, 5) is 25.9. The lowest BCUT2D eigenvalue weighted by Gasteiger charge is -2.30. The van der Waals surface area contributed by atoms with E-state index in [1.54, 1.807) is 12.1 Å². The molecule has 0 radical (unpaired) electrons. The molecule has 6 nitrogen and oxygen atoms in total. The molecule has 1 aliphatic heterocycles. The highest BCUT2D eigenvalue weighted by atomic mass is 32.1. The first-order chi connectivity index (χ1) is 13.9. The second-order valence-electron chi connectivity index (χ2n) is 6.91. The SMILES string of the molecule is NC(=O)C1CCN(CCc2ccc(NC(=O)c3sccc3OC(F)F)cc2)CC1. The molecule has 0 atom stereocenters. The van der Waals surface area contributed by atoms with E-state index in [-0.39, 0.29) is 22.5 Å². The number of primary amides is 1. The van der Waals surface area contributed by atoms with Gasteiger partial charge in [-0.05, 0) is 61.5 Å². The fourth-order valence-electron chi connectivity index (χ4n) is 3.32. The third-order valence-electron chi connectivity index (χ3n) is 4.97. The largest absolute Gasteiger partial charge is 0.433 e. The maximum atomic E-state index is 12.4. The van der Waals surface area contributed by atoms with Crippen LogP contribution in [0, 0.1) is 5.92 Å². The Kier molecular flexibility index (Phi) is 7.16. The maximum Gasteiger partial charge on any atom is 0.387 e. The standard InChI is InChI=1S/C20H23F2N3O3S/c21-20(22)28-16-8-12-29-17(16)19(27)24-15-3-1-13(2-4-15)5-9-25-10-6-14(7-11-25)18(23)26/h1-4,8,12,14,20H,5-7,9-11H2,(H2,23,26)(H,24,27). The average Bonchev–Trinajstić information content (AvgIpc) is 3.15. The van der Waals surface area contributed by atoms with Crippen LogP contribution in [0.4, 0.5) is 14.5 Å². The van der Waals surface area contributed by atoms with Crippen molar-refractivity contribution in [2.45, 2.75) is 25.9 Å². The fourth-order valence-corrected chi connectivity index (χ4v) is 4.04. The number of carbonyl (C=O) groups is 2. The minimum atomic E-state index is -2.97. The van der Waals surface area contributed by atoms with Crippen LogP contribution < -0.4 is 15.8 Å². The van der Waals surface area contributed by atoms with Crippen molar-refractivity contribution in [3.05, 3.63) is 46.2 Å². The zero-order valence-electron chi connectivity index (χ0n) is 15.8. The molecule has 2 heterocycles. The Morgan fingerprint density at radius 1 is 1.21 bits per heavy atom. The summed E-state index contributed by atoms with van der Waals surface area (Å²) in [6.07, 6.45) is 2.47. The monoisotopic (exact) mass is 423 g/mol. The second kappa shape index (κ2) is 9.80. The zero-order valence-corrected chi connectivity index (χ0v) is 16.6. The highest BCUT2D eigenvalue weighted by molar-refractivity contribution is 7.12. The van der Waals surface area contributed by atoms with Crippen LogP contribution in [0.3, 0.4) is 0 Å². The van der Waals surface area contributed by atoms with Gasteiger partial charge in [0.25, 0.3) is 5.91 Å². The summed E-state index contributed by atoms with van der Waals surface area (Å²) in [6, 6.07) is 8.77. The first kappa shape index (κ1) is 21.2. The van der Waals surface area contributed by atoms with Gasteiger partial charge < -0.3 is 20.7 Å². The number of nitrogens with one attached hydrogen (secondary N) is 1. The van der Waals surface area contributed by atoms with Gasteiger partial charge in [-0.3, -0.25) is 9.59 Å². The summed E-state index contributed by atoms with van der Waals surface area (Å²) in [7, 11) is 0. The molecule has 0 aliphatic carbocycles. The van der Waals surface area contributed by atoms with E-state index in [0.717, 1.165) is 55.8 Å². The summed E-state index contributed by atoms with van der Waals surface area (Å²) in [6.45, 7) is -0.352. The summed E-state index contributed by atoms with van der Waals surface area (Å²) in [5, 5.41) is 4.23. The van der Waals surface area contributed by atoms with E-state index >= 15 is 0 Å². The maximum absolute atomic E-state index is 12.4. The topological polar surface area (TPSA) is 84.7 Å². The minimum absolute atomic E-state index is 0.0101. The summed E-state index contributed by atoms with van der Waals surface area (Å²) < 4.78 is 29.2. The molecule has 156 valence electrons. The van der Waals surface area contributed by atoms with Crippen LogP contribution in [0.5, 0.6) is 5.75 Å². The number of halogens is 2. The van der Waals surface area contributed by atoms with Gasteiger partial charge in [-0.1, -0.05) is 12.1 Å². The number of ether oxygens (including phenoxy) is 1. The van der Waals surface area contributed by atoms with Gasteiger partial charge in [0.05, 0.1) is 0 Å². The first-order valence-electron chi connectivity index (χ1n) is 9.36. The Bertz CT molecular complexity index is 834. The van der Waals surface area contributed by atoms with Crippen molar-refractivity contribution in [3.63, 3.8) is 0 Å².